The van der Waals surface area contributed by atoms with Crippen LogP contribution in [0, 0.1) is 20.8 Å². The number of hydrogen-bond donors (Lipinski definition) is 3. The van der Waals surface area contributed by atoms with E-state index in [9.17, 15) is 18.0 Å². The van der Waals surface area contributed by atoms with E-state index in [2.05, 4.69) is 20.1 Å². The summed E-state index contributed by atoms with van der Waals surface area (Å²) in [5, 5.41) is 8.04. The second-order valence-corrected chi connectivity index (χ2v) is 10.2. The third-order valence-electron chi connectivity index (χ3n) is 5.91. The molecule has 0 fully saturated rings. The molecule has 0 saturated heterocycles. The number of nitrogens with zero attached hydrogens (tertiary/aromatic N) is 2. The van der Waals surface area contributed by atoms with Gasteiger partial charge in [-0.1, -0.05) is 17.7 Å². The fraction of sp³-hybridized carbons (Fsp3) is 0.240. The van der Waals surface area contributed by atoms with Gasteiger partial charge in [-0.3, -0.25) is 19.0 Å². The van der Waals surface area contributed by atoms with E-state index in [1.807, 2.05) is 20.8 Å². The van der Waals surface area contributed by atoms with Crippen LogP contribution in [-0.2, 0) is 28.3 Å². The smallest absolute Gasteiger partial charge is 0.261 e. The quantitative estimate of drug-likeness (QED) is 0.363. The molecular formula is C25H27N5O4S. The first-order chi connectivity index (χ1) is 16.5. The molecule has 2 aromatic heterocycles. The summed E-state index contributed by atoms with van der Waals surface area (Å²) in [5.41, 5.74) is 4.52. The Kier molecular flexibility index (Phi) is 6.49. The molecule has 0 aliphatic rings. The number of pyridine rings is 1. The Morgan fingerprint density at radius 1 is 1.00 bits per heavy atom. The van der Waals surface area contributed by atoms with Gasteiger partial charge < -0.3 is 10.3 Å². The average molecular weight is 494 g/mol. The van der Waals surface area contributed by atoms with Gasteiger partial charge in [0.15, 0.2) is 0 Å². The van der Waals surface area contributed by atoms with Gasteiger partial charge in [-0.2, -0.15) is 5.10 Å². The Morgan fingerprint density at radius 3 is 2.29 bits per heavy atom. The van der Waals surface area contributed by atoms with Crippen molar-refractivity contribution in [2.45, 2.75) is 38.5 Å². The van der Waals surface area contributed by atoms with Crippen LogP contribution in [0.2, 0.25) is 0 Å². The maximum atomic E-state index is 12.6. The predicted octanol–water partition coefficient (Wildman–Crippen LogP) is 3.56. The molecule has 0 aliphatic carbocycles. The van der Waals surface area contributed by atoms with Crippen LogP contribution in [-0.4, -0.2) is 29.1 Å². The Hall–Kier alpha value is -3.92. The van der Waals surface area contributed by atoms with Crippen molar-refractivity contribution in [3.63, 3.8) is 0 Å². The first kappa shape index (κ1) is 24.2. The lowest BCUT2D eigenvalue weighted by Gasteiger charge is -2.10. The molecule has 4 aromatic rings. The van der Waals surface area contributed by atoms with Gasteiger partial charge in [0.25, 0.3) is 15.6 Å². The molecule has 0 spiro atoms. The molecule has 10 heteroatoms. The van der Waals surface area contributed by atoms with Gasteiger partial charge in [0.2, 0.25) is 5.91 Å². The number of aromatic nitrogens is 3. The first-order valence-corrected chi connectivity index (χ1v) is 12.6. The topological polar surface area (TPSA) is 126 Å². The fourth-order valence-electron chi connectivity index (χ4n) is 4.07. The molecule has 2 aromatic carbocycles. The van der Waals surface area contributed by atoms with E-state index in [1.165, 1.54) is 0 Å². The summed E-state index contributed by atoms with van der Waals surface area (Å²) >= 11 is 0. The highest BCUT2D eigenvalue weighted by molar-refractivity contribution is 7.92. The summed E-state index contributed by atoms with van der Waals surface area (Å²) in [5.74, 6) is -0.250. The first-order valence-electron chi connectivity index (χ1n) is 11.1. The van der Waals surface area contributed by atoms with Crippen molar-refractivity contribution in [3.8, 4) is 0 Å². The molecular weight excluding hydrogens is 466 g/mol. The highest BCUT2D eigenvalue weighted by Gasteiger charge is 2.16. The number of benzene rings is 2. The van der Waals surface area contributed by atoms with Gasteiger partial charge in [-0.25, -0.2) is 8.42 Å². The van der Waals surface area contributed by atoms with E-state index in [0.29, 0.717) is 22.6 Å². The van der Waals surface area contributed by atoms with Crippen molar-refractivity contribution >= 4 is 38.3 Å². The molecule has 0 radical (unpaired) electrons. The van der Waals surface area contributed by atoms with E-state index in [-0.39, 0.29) is 29.2 Å². The Labute approximate surface area is 203 Å². The molecule has 3 N–H and O–H groups in total. The molecule has 0 atom stereocenters. The molecule has 0 aliphatic heterocycles. The summed E-state index contributed by atoms with van der Waals surface area (Å²) < 4.78 is 29.2. The number of carbonyl (C=O) groups is 1. The largest absolute Gasteiger partial charge is 0.326 e. The number of sulfonamides is 1. The van der Waals surface area contributed by atoms with Crippen molar-refractivity contribution in [2.24, 2.45) is 7.05 Å². The van der Waals surface area contributed by atoms with Crippen LogP contribution in [0.1, 0.15) is 28.8 Å². The molecule has 1 amide bonds. The normalized spacial score (nSPS) is 11.5. The van der Waals surface area contributed by atoms with Gasteiger partial charge in [0, 0.05) is 35.8 Å². The molecule has 0 unspecified atom stereocenters. The minimum atomic E-state index is -3.71. The third-order valence-corrected chi connectivity index (χ3v) is 7.31. The van der Waals surface area contributed by atoms with Crippen LogP contribution in [0.3, 0.4) is 0 Å². The molecule has 0 saturated carbocycles. The molecule has 35 heavy (non-hydrogen) atoms. The monoisotopic (exact) mass is 493 g/mol. The van der Waals surface area contributed by atoms with Gasteiger partial charge in [-0.15, -0.1) is 0 Å². The lowest BCUT2D eigenvalue weighted by molar-refractivity contribution is -0.116. The second kappa shape index (κ2) is 9.38. The number of anilines is 2. The number of H-pyrrole nitrogens is 1. The zero-order valence-corrected chi connectivity index (χ0v) is 20.8. The summed E-state index contributed by atoms with van der Waals surface area (Å²) in [6.07, 6.45) is 0.405. The summed E-state index contributed by atoms with van der Waals surface area (Å²) in [6.45, 7) is 5.64. The van der Waals surface area contributed by atoms with Gasteiger partial charge in [-0.05, 0) is 69.2 Å². The summed E-state index contributed by atoms with van der Waals surface area (Å²) in [6, 6.07) is 13.0. The maximum absolute atomic E-state index is 12.6. The van der Waals surface area contributed by atoms with E-state index in [1.54, 1.807) is 60.3 Å². The average Bonchev–Trinajstić information content (AvgIpc) is 3.08. The Bertz CT molecular complexity index is 1570. The van der Waals surface area contributed by atoms with Crippen LogP contribution < -0.4 is 15.6 Å². The van der Waals surface area contributed by atoms with Crippen molar-refractivity contribution in [2.75, 3.05) is 10.0 Å². The standard InChI is InChI=1S/C25H27N5O4S/c1-15-5-11-20(12-6-15)35(33,34)29-19-9-7-18(8-10-19)26-22(31)14-13-21-16(2)23-17(3)28-30(4)24(23)27-25(21)32/h5-12,29H,13-14H2,1-4H3,(H,26,31)(H,27,32). The maximum Gasteiger partial charge on any atom is 0.261 e. The fourth-order valence-corrected chi connectivity index (χ4v) is 5.13. The minimum Gasteiger partial charge on any atom is -0.326 e. The predicted molar refractivity (Wildman–Crippen MR) is 136 cm³/mol. The minimum absolute atomic E-state index is 0.122. The van der Waals surface area contributed by atoms with Crippen LogP contribution in [0.4, 0.5) is 11.4 Å². The van der Waals surface area contributed by atoms with Crippen LogP contribution in [0.25, 0.3) is 11.0 Å². The van der Waals surface area contributed by atoms with Crippen LogP contribution in [0.15, 0.2) is 58.2 Å². The lowest BCUT2D eigenvalue weighted by atomic mass is 10.0. The van der Waals surface area contributed by atoms with Gasteiger partial charge in [0.05, 0.1) is 10.6 Å². The third kappa shape index (κ3) is 5.12. The number of carbonyl (C=O) groups excluding carboxylic acids is 1. The van der Waals surface area contributed by atoms with E-state index < -0.39 is 10.0 Å². The number of hydrogen-bond acceptors (Lipinski definition) is 5. The number of nitrogens with one attached hydrogen (secondary N) is 3. The van der Waals surface area contributed by atoms with E-state index >= 15 is 0 Å². The van der Waals surface area contributed by atoms with Crippen LogP contribution >= 0.6 is 0 Å². The zero-order chi connectivity index (χ0) is 25.3. The second-order valence-electron chi connectivity index (χ2n) is 8.53. The molecule has 2 heterocycles. The van der Waals surface area contributed by atoms with E-state index in [0.717, 1.165) is 22.2 Å². The number of rotatable bonds is 7. The number of amides is 1. The van der Waals surface area contributed by atoms with Crippen molar-refractivity contribution in [1.82, 2.24) is 14.8 Å². The molecule has 4 rings (SSSR count). The van der Waals surface area contributed by atoms with Crippen molar-refractivity contribution in [3.05, 3.63) is 81.3 Å². The molecule has 182 valence electrons. The summed E-state index contributed by atoms with van der Waals surface area (Å²) in [4.78, 5) is 28.1. The van der Waals surface area contributed by atoms with Crippen molar-refractivity contribution < 1.29 is 13.2 Å². The Balaban J connectivity index is 1.40. The van der Waals surface area contributed by atoms with Crippen LogP contribution in [0.5, 0.6) is 0 Å². The van der Waals surface area contributed by atoms with Gasteiger partial charge >= 0.3 is 0 Å². The number of aromatic amines is 1. The zero-order valence-electron chi connectivity index (χ0n) is 20.0. The molecule has 9 nitrogen and oxygen atoms in total. The summed E-state index contributed by atoms with van der Waals surface area (Å²) in [7, 11) is -1.93. The number of aryl methyl sites for hydroxylation is 4. The Morgan fingerprint density at radius 2 is 1.63 bits per heavy atom. The SMILES string of the molecule is Cc1ccc(S(=O)(=O)Nc2ccc(NC(=O)CCc3c(C)c4c(C)nn(C)c4[nH]c3=O)cc2)cc1. The van der Waals surface area contributed by atoms with Gasteiger partial charge in [0.1, 0.15) is 5.65 Å². The highest BCUT2D eigenvalue weighted by atomic mass is 32.2. The lowest BCUT2D eigenvalue weighted by Crippen LogP contribution is -2.19. The van der Waals surface area contributed by atoms with Crippen molar-refractivity contribution in [1.29, 1.82) is 0 Å². The van der Waals surface area contributed by atoms with E-state index in [4.69, 9.17) is 0 Å². The number of fused-ring (bicyclic) bond motifs is 1. The molecule has 0 bridgehead atoms. The highest BCUT2D eigenvalue weighted by Crippen LogP contribution is 2.22.